The highest BCUT2D eigenvalue weighted by molar-refractivity contribution is 7.89. The summed E-state index contributed by atoms with van der Waals surface area (Å²) in [6.45, 7) is 4.24. The number of benzene rings is 1. The lowest BCUT2D eigenvalue weighted by Gasteiger charge is -2.29. The quantitative estimate of drug-likeness (QED) is 0.738. The van der Waals surface area contributed by atoms with E-state index in [0.717, 1.165) is 5.56 Å². The van der Waals surface area contributed by atoms with Gasteiger partial charge in [-0.1, -0.05) is 0 Å². The Morgan fingerprint density at radius 3 is 2.59 bits per heavy atom. The van der Waals surface area contributed by atoms with Gasteiger partial charge in [-0.25, -0.2) is 23.1 Å². The second-order valence-corrected chi connectivity index (χ2v) is 8.61. The molecule has 0 radical (unpaired) electrons. The smallest absolute Gasteiger partial charge is 0.251 e. The van der Waals surface area contributed by atoms with Crippen LogP contribution in [0.15, 0.2) is 35.5 Å². The van der Waals surface area contributed by atoms with E-state index < -0.39 is 10.0 Å². The number of ether oxygens (including phenoxy) is 2. The number of sulfonamides is 1. The largest absolute Gasteiger partial charge is 0.494 e. The molecule has 1 aromatic heterocycles. The Hall–Kier alpha value is -2.70. The number of nitrogens with one attached hydrogen (secondary N) is 1. The van der Waals surface area contributed by atoms with E-state index in [0.29, 0.717) is 38.0 Å². The first-order valence-electron chi connectivity index (χ1n) is 9.56. The van der Waals surface area contributed by atoms with Crippen molar-refractivity contribution in [3.63, 3.8) is 0 Å². The molecule has 0 spiro atoms. The van der Waals surface area contributed by atoms with E-state index in [1.54, 1.807) is 18.2 Å². The van der Waals surface area contributed by atoms with Crippen LogP contribution in [0.1, 0.15) is 43.9 Å². The van der Waals surface area contributed by atoms with E-state index in [4.69, 9.17) is 14.7 Å². The van der Waals surface area contributed by atoms with Crippen molar-refractivity contribution in [1.29, 1.82) is 5.26 Å². The van der Waals surface area contributed by atoms with Gasteiger partial charge in [0, 0.05) is 18.4 Å². The summed E-state index contributed by atoms with van der Waals surface area (Å²) in [6.07, 6.45) is 5.42. The second-order valence-electron chi connectivity index (χ2n) is 6.89. The lowest BCUT2D eigenvalue weighted by Crippen LogP contribution is -2.39. The van der Waals surface area contributed by atoms with Crippen LogP contribution in [-0.2, 0) is 10.0 Å². The second kappa shape index (κ2) is 9.20. The van der Waals surface area contributed by atoms with Crippen molar-refractivity contribution in [2.45, 2.75) is 56.6 Å². The standard InChI is InChI=1S/C20H24N4O4S/c1-3-27-19-9-8-17(12-14(19)2)29(25,26)24-15-4-6-16(7-5-15)28-20-18(13-21)22-10-11-23-20/h8-12,15-16,24H,3-7H2,1-2H3. The monoisotopic (exact) mass is 416 g/mol. The van der Waals surface area contributed by atoms with Gasteiger partial charge in [0.25, 0.3) is 5.88 Å². The Morgan fingerprint density at radius 2 is 1.93 bits per heavy atom. The molecule has 9 heteroatoms. The van der Waals surface area contributed by atoms with Gasteiger partial charge in [-0.2, -0.15) is 5.26 Å². The lowest BCUT2D eigenvalue weighted by molar-refractivity contribution is 0.137. The van der Waals surface area contributed by atoms with Crippen molar-refractivity contribution >= 4 is 10.0 Å². The predicted molar refractivity (Wildman–Crippen MR) is 106 cm³/mol. The molecule has 29 heavy (non-hydrogen) atoms. The Labute approximate surface area is 171 Å². The maximum atomic E-state index is 12.7. The van der Waals surface area contributed by atoms with E-state index in [9.17, 15) is 8.42 Å². The number of aryl methyl sites for hydroxylation is 1. The molecule has 0 saturated heterocycles. The molecule has 1 aromatic carbocycles. The molecule has 1 saturated carbocycles. The van der Waals surface area contributed by atoms with Gasteiger partial charge >= 0.3 is 0 Å². The van der Waals surface area contributed by atoms with Gasteiger partial charge in [0.05, 0.1) is 11.5 Å². The summed E-state index contributed by atoms with van der Waals surface area (Å²) < 4.78 is 39.6. The zero-order chi connectivity index (χ0) is 20.9. The van der Waals surface area contributed by atoms with Crippen molar-refractivity contribution in [2.75, 3.05) is 6.61 Å². The molecule has 2 aromatic rings. The topological polar surface area (TPSA) is 114 Å². The average Bonchev–Trinajstić information content (AvgIpc) is 2.71. The molecule has 0 aliphatic heterocycles. The summed E-state index contributed by atoms with van der Waals surface area (Å²) >= 11 is 0. The van der Waals surface area contributed by atoms with Gasteiger partial charge in [-0.15, -0.1) is 0 Å². The molecule has 154 valence electrons. The van der Waals surface area contributed by atoms with Gasteiger partial charge in [0.1, 0.15) is 17.9 Å². The Kier molecular flexibility index (Phi) is 6.67. The van der Waals surface area contributed by atoms with Crippen LogP contribution in [-0.4, -0.2) is 37.1 Å². The normalized spacial score (nSPS) is 19.3. The first-order valence-corrected chi connectivity index (χ1v) is 11.0. The molecule has 1 N–H and O–H groups in total. The van der Waals surface area contributed by atoms with Crippen molar-refractivity contribution < 1.29 is 17.9 Å². The third-order valence-corrected chi connectivity index (χ3v) is 6.32. The molecule has 3 rings (SSSR count). The molecular formula is C20H24N4O4S. The molecule has 1 aliphatic rings. The van der Waals surface area contributed by atoms with Crippen LogP contribution >= 0.6 is 0 Å². The fourth-order valence-electron chi connectivity index (χ4n) is 3.34. The summed E-state index contributed by atoms with van der Waals surface area (Å²) in [7, 11) is -3.61. The van der Waals surface area contributed by atoms with E-state index in [2.05, 4.69) is 14.7 Å². The maximum Gasteiger partial charge on any atom is 0.251 e. The Morgan fingerprint density at radius 1 is 1.21 bits per heavy atom. The van der Waals surface area contributed by atoms with E-state index >= 15 is 0 Å². The summed E-state index contributed by atoms with van der Waals surface area (Å²) in [6, 6.07) is 6.67. The number of hydrogen-bond acceptors (Lipinski definition) is 7. The van der Waals surface area contributed by atoms with Crippen LogP contribution in [0.2, 0.25) is 0 Å². The highest BCUT2D eigenvalue weighted by atomic mass is 32.2. The summed E-state index contributed by atoms with van der Waals surface area (Å²) in [5.74, 6) is 0.911. The summed E-state index contributed by atoms with van der Waals surface area (Å²) in [5.41, 5.74) is 0.935. The van der Waals surface area contributed by atoms with Crippen LogP contribution < -0.4 is 14.2 Å². The van der Waals surface area contributed by atoms with Crippen LogP contribution in [0.5, 0.6) is 11.6 Å². The van der Waals surface area contributed by atoms with Crippen molar-refractivity contribution in [1.82, 2.24) is 14.7 Å². The SMILES string of the molecule is CCOc1ccc(S(=O)(=O)NC2CCC(Oc3nccnc3C#N)CC2)cc1C. The lowest BCUT2D eigenvalue weighted by atomic mass is 9.94. The molecule has 8 nitrogen and oxygen atoms in total. The summed E-state index contributed by atoms with van der Waals surface area (Å²) in [5, 5.41) is 9.08. The average molecular weight is 417 g/mol. The molecule has 0 unspecified atom stereocenters. The van der Waals surface area contributed by atoms with Crippen LogP contribution in [0.25, 0.3) is 0 Å². The number of hydrogen-bond donors (Lipinski definition) is 1. The zero-order valence-corrected chi connectivity index (χ0v) is 17.3. The fourth-order valence-corrected chi connectivity index (χ4v) is 4.73. The predicted octanol–water partition coefficient (Wildman–Crippen LogP) is 2.72. The van der Waals surface area contributed by atoms with Crippen molar-refractivity contribution in [2.24, 2.45) is 0 Å². The first kappa shape index (κ1) is 21.0. The fraction of sp³-hybridized carbons (Fsp3) is 0.450. The Balaban J connectivity index is 1.58. The first-order chi connectivity index (χ1) is 13.9. The van der Waals surface area contributed by atoms with Crippen LogP contribution in [0.3, 0.4) is 0 Å². The highest BCUT2D eigenvalue weighted by Gasteiger charge is 2.27. The molecule has 1 aliphatic carbocycles. The number of nitriles is 1. The Bertz CT molecular complexity index is 996. The number of rotatable bonds is 7. The zero-order valence-electron chi connectivity index (χ0n) is 16.5. The minimum atomic E-state index is -3.61. The number of nitrogens with zero attached hydrogens (tertiary/aromatic N) is 3. The van der Waals surface area contributed by atoms with Gasteiger partial charge in [-0.05, 0) is 63.3 Å². The van der Waals surface area contributed by atoms with Crippen molar-refractivity contribution in [3.8, 4) is 17.7 Å². The molecule has 0 amide bonds. The minimum Gasteiger partial charge on any atom is -0.494 e. The number of aromatic nitrogens is 2. The van der Waals surface area contributed by atoms with Crippen LogP contribution in [0, 0.1) is 18.3 Å². The van der Waals surface area contributed by atoms with E-state index in [-0.39, 0.29) is 28.6 Å². The van der Waals surface area contributed by atoms with Gasteiger partial charge in [0.15, 0.2) is 0 Å². The summed E-state index contributed by atoms with van der Waals surface area (Å²) in [4.78, 5) is 8.23. The van der Waals surface area contributed by atoms with Crippen molar-refractivity contribution in [3.05, 3.63) is 41.9 Å². The van der Waals surface area contributed by atoms with Gasteiger partial charge in [-0.3, -0.25) is 0 Å². The van der Waals surface area contributed by atoms with E-state index in [1.165, 1.54) is 12.4 Å². The molecule has 1 fully saturated rings. The molecular weight excluding hydrogens is 392 g/mol. The van der Waals surface area contributed by atoms with Crippen LogP contribution in [0.4, 0.5) is 0 Å². The molecule has 1 heterocycles. The van der Waals surface area contributed by atoms with Gasteiger partial charge in [0.2, 0.25) is 15.7 Å². The molecule has 0 atom stereocenters. The minimum absolute atomic E-state index is 0.118. The maximum absolute atomic E-state index is 12.7. The highest BCUT2D eigenvalue weighted by Crippen LogP contribution is 2.26. The third-order valence-electron chi connectivity index (χ3n) is 4.80. The van der Waals surface area contributed by atoms with Gasteiger partial charge < -0.3 is 9.47 Å². The molecule has 0 bridgehead atoms. The van der Waals surface area contributed by atoms with E-state index in [1.807, 2.05) is 19.9 Å². The third kappa shape index (κ3) is 5.22.